The van der Waals surface area contributed by atoms with E-state index >= 15 is 0 Å². The maximum Gasteiger partial charge on any atom is 0.238 e. The SMILES string of the molecule is O=C1CS[C@H](c2ccc(Cl)cc2)N1c1ccc(Cl)cc1. The molecule has 3 rings (SSSR count). The Balaban J connectivity index is 1.96. The molecule has 0 bridgehead atoms. The first-order valence-corrected chi connectivity index (χ1v) is 7.90. The van der Waals surface area contributed by atoms with Gasteiger partial charge in [0.05, 0.1) is 5.75 Å². The predicted octanol–water partition coefficient (Wildman–Crippen LogP) is 4.77. The van der Waals surface area contributed by atoms with Crippen LogP contribution in [0.25, 0.3) is 0 Å². The monoisotopic (exact) mass is 323 g/mol. The second-order valence-corrected chi connectivity index (χ2v) is 6.40. The van der Waals surface area contributed by atoms with Gasteiger partial charge in [0.25, 0.3) is 0 Å². The van der Waals surface area contributed by atoms with Crippen LogP contribution in [0.4, 0.5) is 5.69 Å². The van der Waals surface area contributed by atoms with Crippen LogP contribution in [0.1, 0.15) is 10.9 Å². The lowest BCUT2D eigenvalue weighted by Gasteiger charge is -2.24. The molecule has 1 atom stereocenters. The van der Waals surface area contributed by atoms with Gasteiger partial charge in [0, 0.05) is 15.7 Å². The molecular weight excluding hydrogens is 313 g/mol. The van der Waals surface area contributed by atoms with Gasteiger partial charge in [0.2, 0.25) is 5.91 Å². The van der Waals surface area contributed by atoms with Gasteiger partial charge in [-0.25, -0.2) is 0 Å². The van der Waals surface area contributed by atoms with Gasteiger partial charge in [-0.1, -0.05) is 35.3 Å². The minimum absolute atomic E-state index is 0.0130. The molecule has 5 heteroatoms. The molecule has 2 aromatic rings. The van der Waals surface area contributed by atoms with E-state index in [4.69, 9.17) is 23.2 Å². The third-order valence-electron chi connectivity index (χ3n) is 3.13. The molecule has 1 heterocycles. The van der Waals surface area contributed by atoms with Crippen LogP contribution in [0, 0.1) is 0 Å². The smallest absolute Gasteiger partial charge is 0.238 e. The van der Waals surface area contributed by atoms with Crippen molar-refractivity contribution < 1.29 is 4.79 Å². The van der Waals surface area contributed by atoms with E-state index in [-0.39, 0.29) is 11.3 Å². The largest absolute Gasteiger partial charge is 0.295 e. The summed E-state index contributed by atoms with van der Waals surface area (Å²) in [5, 5.41) is 1.35. The van der Waals surface area contributed by atoms with Crippen molar-refractivity contribution in [2.75, 3.05) is 10.7 Å². The Morgan fingerprint density at radius 2 is 1.50 bits per heavy atom. The summed E-state index contributed by atoms with van der Waals surface area (Å²) in [5.41, 5.74) is 1.93. The van der Waals surface area contributed by atoms with Crippen LogP contribution in [-0.2, 0) is 4.79 Å². The van der Waals surface area contributed by atoms with Crippen LogP contribution >= 0.6 is 35.0 Å². The maximum absolute atomic E-state index is 12.2. The minimum Gasteiger partial charge on any atom is -0.295 e. The third-order valence-corrected chi connectivity index (χ3v) is 4.84. The number of anilines is 1. The lowest BCUT2D eigenvalue weighted by Crippen LogP contribution is -2.27. The average Bonchev–Trinajstić information content (AvgIpc) is 2.83. The van der Waals surface area contributed by atoms with E-state index in [0.29, 0.717) is 15.8 Å². The first kappa shape index (κ1) is 13.8. The van der Waals surface area contributed by atoms with Gasteiger partial charge in [-0.3, -0.25) is 9.69 Å². The fourth-order valence-electron chi connectivity index (χ4n) is 2.18. The van der Waals surface area contributed by atoms with E-state index < -0.39 is 0 Å². The van der Waals surface area contributed by atoms with Crippen LogP contribution in [0.15, 0.2) is 48.5 Å². The summed E-state index contributed by atoms with van der Waals surface area (Å²) >= 11 is 13.4. The summed E-state index contributed by atoms with van der Waals surface area (Å²) in [7, 11) is 0. The number of nitrogens with zero attached hydrogens (tertiary/aromatic N) is 1. The standard InChI is InChI=1S/C15H11Cl2NOS/c16-11-3-1-10(2-4-11)15-18(14(19)9-20-15)13-7-5-12(17)6-8-13/h1-8,15H,9H2/t15-/m1/s1. The molecule has 0 aromatic heterocycles. The summed E-state index contributed by atoms with van der Waals surface area (Å²) in [4.78, 5) is 14.0. The highest BCUT2D eigenvalue weighted by atomic mass is 35.5. The fourth-order valence-corrected chi connectivity index (χ4v) is 3.61. The number of amides is 1. The summed E-state index contributed by atoms with van der Waals surface area (Å²) in [5.74, 6) is 0.591. The normalized spacial score (nSPS) is 18.6. The second kappa shape index (κ2) is 5.68. The zero-order valence-electron chi connectivity index (χ0n) is 10.4. The van der Waals surface area contributed by atoms with Gasteiger partial charge in [0.15, 0.2) is 0 Å². The Hall–Kier alpha value is -1.16. The van der Waals surface area contributed by atoms with E-state index in [1.54, 1.807) is 23.9 Å². The van der Waals surface area contributed by atoms with Crippen molar-refractivity contribution in [1.82, 2.24) is 0 Å². The molecule has 20 heavy (non-hydrogen) atoms. The molecule has 0 aliphatic carbocycles. The molecule has 0 spiro atoms. The zero-order valence-corrected chi connectivity index (χ0v) is 12.8. The van der Waals surface area contributed by atoms with Crippen molar-refractivity contribution in [1.29, 1.82) is 0 Å². The van der Waals surface area contributed by atoms with Crippen molar-refractivity contribution in [3.8, 4) is 0 Å². The number of benzene rings is 2. The van der Waals surface area contributed by atoms with Crippen molar-refractivity contribution in [2.24, 2.45) is 0 Å². The van der Waals surface area contributed by atoms with E-state index in [1.807, 2.05) is 41.3 Å². The lowest BCUT2D eigenvalue weighted by atomic mass is 10.2. The number of carbonyl (C=O) groups excluding carboxylic acids is 1. The zero-order chi connectivity index (χ0) is 14.1. The van der Waals surface area contributed by atoms with Crippen molar-refractivity contribution >= 4 is 46.6 Å². The lowest BCUT2D eigenvalue weighted by molar-refractivity contribution is -0.115. The summed E-state index contributed by atoms with van der Waals surface area (Å²) in [6.07, 6.45) is 0. The van der Waals surface area contributed by atoms with Crippen LogP contribution in [0.3, 0.4) is 0 Å². The number of rotatable bonds is 2. The number of halogens is 2. The van der Waals surface area contributed by atoms with Gasteiger partial charge in [-0.15, -0.1) is 11.8 Å². The van der Waals surface area contributed by atoms with E-state index in [2.05, 4.69) is 0 Å². The number of hydrogen-bond acceptors (Lipinski definition) is 2. The van der Waals surface area contributed by atoms with Crippen LogP contribution in [0.2, 0.25) is 10.0 Å². The maximum atomic E-state index is 12.2. The molecular formula is C15H11Cl2NOS. The van der Waals surface area contributed by atoms with Crippen LogP contribution < -0.4 is 4.90 Å². The number of hydrogen-bond donors (Lipinski definition) is 0. The average molecular weight is 324 g/mol. The van der Waals surface area contributed by atoms with Gasteiger partial charge in [-0.05, 0) is 42.0 Å². The first-order chi connectivity index (χ1) is 9.65. The van der Waals surface area contributed by atoms with Crippen LogP contribution in [-0.4, -0.2) is 11.7 Å². The highest BCUT2D eigenvalue weighted by molar-refractivity contribution is 8.00. The van der Waals surface area contributed by atoms with E-state index in [9.17, 15) is 4.79 Å². The number of thioether (sulfide) groups is 1. The second-order valence-electron chi connectivity index (χ2n) is 4.46. The molecule has 1 aliphatic rings. The minimum atomic E-state index is -0.0130. The molecule has 0 unspecified atom stereocenters. The van der Waals surface area contributed by atoms with Crippen LogP contribution in [0.5, 0.6) is 0 Å². The Morgan fingerprint density at radius 1 is 0.950 bits per heavy atom. The van der Waals surface area contributed by atoms with E-state index in [0.717, 1.165) is 11.3 Å². The Labute approximate surface area is 131 Å². The Bertz CT molecular complexity index is 627. The molecule has 102 valence electrons. The third kappa shape index (κ3) is 2.66. The predicted molar refractivity (Wildman–Crippen MR) is 85.6 cm³/mol. The van der Waals surface area contributed by atoms with Gasteiger partial charge < -0.3 is 0 Å². The molecule has 1 fully saturated rings. The highest BCUT2D eigenvalue weighted by Gasteiger charge is 2.33. The summed E-state index contributed by atoms with van der Waals surface area (Å²) < 4.78 is 0. The quantitative estimate of drug-likeness (QED) is 0.793. The summed E-state index contributed by atoms with van der Waals surface area (Å²) in [6, 6.07) is 15.0. The molecule has 2 aromatic carbocycles. The first-order valence-electron chi connectivity index (χ1n) is 6.10. The van der Waals surface area contributed by atoms with Crippen molar-refractivity contribution in [3.63, 3.8) is 0 Å². The van der Waals surface area contributed by atoms with Gasteiger partial charge >= 0.3 is 0 Å². The molecule has 0 N–H and O–H groups in total. The topological polar surface area (TPSA) is 20.3 Å². The molecule has 1 amide bonds. The van der Waals surface area contributed by atoms with Crippen molar-refractivity contribution in [2.45, 2.75) is 5.37 Å². The molecule has 0 saturated carbocycles. The highest BCUT2D eigenvalue weighted by Crippen LogP contribution is 2.42. The molecule has 1 aliphatic heterocycles. The Morgan fingerprint density at radius 3 is 2.10 bits per heavy atom. The molecule has 2 nitrogen and oxygen atoms in total. The fraction of sp³-hybridized carbons (Fsp3) is 0.133. The Kier molecular flexibility index (Phi) is 3.92. The van der Waals surface area contributed by atoms with E-state index in [1.165, 1.54) is 0 Å². The van der Waals surface area contributed by atoms with Gasteiger partial charge in [0.1, 0.15) is 5.37 Å². The molecule has 1 saturated heterocycles. The molecule has 0 radical (unpaired) electrons. The number of carbonyl (C=O) groups is 1. The summed E-state index contributed by atoms with van der Waals surface area (Å²) in [6.45, 7) is 0. The van der Waals surface area contributed by atoms with Crippen molar-refractivity contribution in [3.05, 3.63) is 64.1 Å². The van der Waals surface area contributed by atoms with Gasteiger partial charge in [-0.2, -0.15) is 0 Å².